The lowest BCUT2D eigenvalue weighted by Crippen LogP contribution is -2.40. The molecule has 4 rings (SSSR count). The fourth-order valence-corrected chi connectivity index (χ4v) is 5.36. The SMILES string of the molecule is Cc1ccccc1-n1ncc(C(=O)Nc2cc(S(=O)(=O)N3CCOCC3)ccc2OC(C)C)c1C. The Kier molecular flexibility index (Phi) is 7.25. The number of carbonyl (C=O) groups is 1. The lowest BCUT2D eigenvalue weighted by molar-refractivity contribution is 0.0730. The van der Waals surface area contributed by atoms with Gasteiger partial charge < -0.3 is 14.8 Å². The van der Waals surface area contributed by atoms with Gasteiger partial charge in [-0.15, -0.1) is 0 Å². The topological polar surface area (TPSA) is 103 Å². The number of ether oxygens (including phenoxy) is 2. The molecule has 1 saturated heterocycles. The minimum Gasteiger partial charge on any atom is -0.489 e. The normalized spacial score (nSPS) is 14.8. The Bertz CT molecular complexity index is 1330. The first kappa shape index (κ1) is 24.9. The Morgan fingerprint density at radius 3 is 2.51 bits per heavy atom. The summed E-state index contributed by atoms with van der Waals surface area (Å²) in [5, 5.41) is 7.25. The average molecular weight is 499 g/mol. The number of aryl methyl sites for hydroxylation is 1. The van der Waals surface area contributed by atoms with Crippen LogP contribution in [0.25, 0.3) is 5.69 Å². The fraction of sp³-hybridized carbons (Fsp3) is 0.360. The zero-order valence-electron chi connectivity index (χ0n) is 20.3. The number of benzene rings is 2. The van der Waals surface area contributed by atoms with Crippen molar-refractivity contribution in [2.75, 3.05) is 31.6 Å². The van der Waals surface area contributed by atoms with Crippen LogP contribution in [0.15, 0.2) is 53.6 Å². The van der Waals surface area contributed by atoms with Crippen molar-refractivity contribution in [3.8, 4) is 11.4 Å². The molecule has 10 heteroatoms. The number of rotatable bonds is 7. The van der Waals surface area contributed by atoms with Crippen molar-refractivity contribution >= 4 is 21.6 Å². The number of morpholine rings is 1. The van der Waals surface area contributed by atoms with Crippen LogP contribution < -0.4 is 10.1 Å². The Morgan fingerprint density at radius 2 is 1.83 bits per heavy atom. The lowest BCUT2D eigenvalue weighted by atomic mass is 10.2. The second-order valence-electron chi connectivity index (χ2n) is 8.64. The predicted octanol–water partition coefficient (Wildman–Crippen LogP) is 3.55. The summed E-state index contributed by atoms with van der Waals surface area (Å²) in [4.78, 5) is 13.4. The molecule has 0 atom stereocenters. The third-order valence-corrected chi connectivity index (χ3v) is 7.66. The molecule has 1 aromatic heterocycles. The van der Waals surface area contributed by atoms with Gasteiger partial charge in [0.05, 0.1) is 53.0 Å². The summed E-state index contributed by atoms with van der Waals surface area (Å²) in [6, 6.07) is 12.3. The maximum atomic E-state index is 13.3. The smallest absolute Gasteiger partial charge is 0.259 e. The number of para-hydroxylation sites is 1. The van der Waals surface area contributed by atoms with Crippen LogP contribution in [-0.2, 0) is 14.8 Å². The van der Waals surface area contributed by atoms with Crippen LogP contribution in [0.2, 0.25) is 0 Å². The second kappa shape index (κ2) is 10.2. The first-order valence-electron chi connectivity index (χ1n) is 11.5. The third kappa shape index (κ3) is 5.24. The molecule has 2 aromatic carbocycles. The van der Waals surface area contributed by atoms with Crippen molar-refractivity contribution in [3.63, 3.8) is 0 Å². The van der Waals surface area contributed by atoms with Crippen LogP contribution in [0.4, 0.5) is 5.69 Å². The van der Waals surface area contributed by atoms with Gasteiger partial charge in [-0.25, -0.2) is 13.1 Å². The highest BCUT2D eigenvalue weighted by Gasteiger charge is 2.28. The van der Waals surface area contributed by atoms with Crippen molar-refractivity contribution in [1.29, 1.82) is 0 Å². The minimum absolute atomic E-state index is 0.0816. The van der Waals surface area contributed by atoms with Gasteiger partial charge in [0.1, 0.15) is 5.75 Å². The van der Waals surface area contributed by atoms with E-state index in [1.165, 1.54) is 22.6 Å². The van der Waals surface area contributed by atoms with Crippen molar-refractivity contribution in [1.82, 2.24) is 14.1 Å². The summed E-state index contributed by atoms with van der Waals surface area (Å²) < 4.78 is 40.6. The van der Waals surface area contributed by atoms with Gasteiger partial charge in [-0.1, -0.05) is 18.2 Å². The predicted molar refractivity (Wildman–Crippen MR) is 133 cm³/mol. The highest BCUT2D eigenvalue weighted by atomic mass is 32.2. The maximum absolute atomic E-state index is 13.3. The number of anilines is 1. The number of nitrogens with zero attached hydrogens (tertiary/aromatic N) is 3. The molecule has 0 spiro atoms. The number of nitrogens with one attached hydrogen (secondary N) is 1. The Hall–Kier alpha value is -3.21. The first-order valence-corrected chi connectivity index (χ1v) is 12.9. The van der Waals surface area contributed by atoms with Gasteiger partial charge in [0, 0.05) is 13.1 Å². The first-order chi connectivity index (χ1) is 16.7. The van der Waals surface area contributed by atoms with Crippen LogP contribution >= 0.6 is 0 Å². The van der Waals surface area contributed by atoms with Crippen molar-refractivity contribution in [3.05, 3.63) is 65.5 Å². The maximum Gasteiger partial charge on any atom is 0.259 e. The van der Waals surface area contributed by atoms with E-state index in [9.17, 15) is 13.2 Å². The molecule has 0 saturated carbocycles. The molecular formula is C25H30N4O5S. The van der Waals surface area contributed by atoms with Crippen LogP contribution in [0, 0.1) is 13.8 Å². The summed E-state index contributed by atoms with van der Waals surface area (Å²) in [6.45, 7) is 8.78. The Morgan fingerprint density at radius 1 is 1.11 bits per heavy atom. The molecule has 1 aliphatic rings. The standard InChI is InChI=1S/C25H30N4O5S/c1-17(2)34-24-10-9-20(35(31,32)28-11-13-33-14-12-28)15-22(24)27-25(30)21-16-26-29(19(21)4)23-8-6-5-7-18(23)3/h5-10,15-17H,11-14H2,1-4H3,(H,27,30). The van der Waals surface area contributed by atoms with E-state index in [1.807, 2.05) is 52.0 Å². The second-order valence-corrected chi connectivity index (χ2v) is 10.6. The van der Waals surface area contributed by atoms with Gasteiger partial charge in [-0.05, 0) is 57.5 Å². The van der Waals surface area contributed by atoms with E-state index in [-0.39, 0.29) is 29.8 Å². The quantitative estimate of drug-likeness (QED) is 0.535. The summed E-state index contributed by atoms with van der Waals surface area (Å²) in [6.07, 6.45) is 1.34. The van der Waals surface area contributed by atoms with Crippen molar-refractivity contribution in [2.24, 2.45) is 0 Å². The summed E-state index contributed by atoms with van der Waals surface area (Å²) in [5.74, 6) is -0.0184. The van der Waals surface area contributed by atoms with Gasteiger partial charge in [0.15, 0.2) is 0 Å². The summed E-state index contributed by atoms with van der Waals surface area (Å²) in [5.41, 5.74) is 3.23. The fourth-order valence-electron chi connectivity index (χ4n) is 3.93. The zero-order chi connectivity index (χ0) is 25.2. The monoisotopic (exact) mass is 498 g/mol. The van der Waals surface area contributed by atoms with Crippen LogP contribution in [0.3, 0.4) is 0 Å². The zero-order valence-corrected chi connectivity index (χ0v) is 21.1. The van der Waals surface area contributed by atoms with E-state index in [0.29, 0.717) is 30.2 Å². The molecule has 0 aliphatic carbocycles. The molecule has 2 heterocycles. The van der Waals surface area contributed by atoms with Gasteiger partial charge in [0.25, 0.3) is 5.91 Å². The van der Waals surface area contributed by atoms with E-state index in [2.05, 4.69) is 10.4 Å². The van der Waals surface area contributed by atoms with Crippen LogP contribution in [0.1, 0.15) is 35.5 Å². The molecule has 0 bridgehead atoms. The molecule has 0 unspecified atom stereocenters. The van der Waals surface area contributed by atoms with Crippen molar-refractivity contribution < 1.29 is 22.7 Å². The highest BCUT2D eigenvalue weighted by Crippen LogP contribution is 2.31. The summed E-state index contributed by atoms with van der Waals surface area (Å²) >= 11 is 0. The molecule has 9 nitrogen and oxygen atoms in total. The molecule has 186 valence electrons. The van der Waals surface area contributed by atoms with E-state index < -0.39 is 15.9 Å². The van der Waals surface area contributed by atoms with E-state index in [4.69, 9.17) is 9.47 Å². The minimum atomic E-state index is -3.75. The Balaban J connectivity index is 1.66. The Labute approximate surface area is 205 Å². The van der Waals surface area contributed by atoms with Gasteiger partial charge >= 0.3 is 0 Å². The number of aromatic nitrogens is 2. The number of amides is 1. The molecule has 1 aliphatic heterocycles. The van der Waals surface area contributed by atoms with E-state index >= 15 is 0 Å². The largest absolute Gasteiger partial charge is 0.489 e. The number of sulfonamides is 1. The van der Waals surface area contributed by atoms with Gasteiger partial charge in [-0.2, -0.15) is 9.40 Å². The van der Waals surface area contributed by atoms with Crippen LogP contribution in [-0.4, -0.2) is 60.8 Å². The van der Waals surface area contributed by atoms with E-state index in [1.54, 1.807) is 10.7 Å². The molecular weight excluding hydrogens is 468 g/mol. The highest BCUT2D eigenvalue weighted by molar-refractivity contribution is 7.89. The molecule has 35 heavy (non-hydrogen) atoms. The molecule has 1 amide bonds. The van der Waals surface area contributed by atoms with Crippen molar-refractivity contribution in [2.45, 2.75) is 38.7 Å². The third-order valence-electron chi connectivity index (χ3n) is 5.77. The van der Waals surface area contributed by atoms with Gasteiger partial charge in [-0.3, -0.25) is 4.79 Å². The number of carbonyl (C=O) groups excluding carboxylic acids is 1. The van der Waals surface area contributed by atoms with E-state index in [0.717, 1.165) is 11.3 Å². The lowest BCUT2D eigenvalue weighted by Gasteiger charge is -2.26. The molecule has 3 aromatic rings. The van der Waals surface area contributed by atoms with Crippen LogP contribution in [0.5, 0.6) is 5.75 Å². The number of hydrogen-bond donors (Lipinski definition) is 1. The number of hydrogen-bond acceptors (Lipinski definition) is 6. The molecule has 1 fully saturated rings. The summed E-state index contributed by atoms with van der Waals surface area (Å²) in [7, 11) is -3.75. The molecule has 0 radical (unpaired) electrons. The van der Waals surface area contributed by atoms with Gasteiger partial charge in [0.2, 0.25) is 10.0 Å². The molecule has 1 N–H and O–H groups in total. The average Bonchev–Trinajstić information content (AvgIpc) is 3.21.